The molecule has 8 heteroatoms. The van der Waals surface area contributed by atoms with Crippen LogP contribution < -0.4 is 11.1 Å². The summed E-state index contributed by atoms with van der Waals surface area (Å²) in [5, 5.41) is 6.81. The highest BCUT2D eigenvalue weighted by molar-refractivity contribution is 5.91. The molecule has 2 aromatic rings. The zero-order chi connectivity index (χ0) is 13.0. The van der Waals surface area contributed by atoms with Gasteiger partial charge in [0.15, 0.2) is 5.82 Å². The van der Waals surface area contributed by atoms with Crippen LogP contribution in [0.15, 0.2) is 18.7 Å². The highest BCUT2D eigenvalue weighted by Crippen LogP contribution is 1.96. The Kier molecular flexibility index (Phi) is 3.46. The maximum absolute atomic E-state index is 11.7. The fraction of sp³-hybridized carbons (Fsp3) is 0.300. The van der Waals surface area contributed by atoms with Crippen LogP contribution in [-0.4, -0.2) is 37.2 Å². The van der Waals surface area contributed by atoms with Gasteiger partial charge in [-0.15, -0.1) is 0 Å². The molecule has 0 saturated heterocycles. The monoisotopic (exact) mass is 247 g/mol. The molecule has 8 nitrogen and oxygen atoms in total. The molecule has 0 aliphatic carbocycles. The third-order valence-electron chi connectivity index (χ3n) is 2.19. The van der Waals surface area contributed by atoms with Crippen LogP contribution in [0, 0.1) is 0 Å². The summed E-state index contributed by atoms with van der Waals surface area (Å²) in [4.78, 5) is 23.4. The van der Waals surface area contributed by atoms with Crippen LogP contribution in [0.1, 0.15) is 16.3 Å². The van der Waals surface area contributed by atoms with Crippen molar-refractivity contribution < 1.29 is 4.79 Å². The quantitative estimate of drug-likeness (QED) is 0.728. The molecule has 94 valence electrons. The second-order valence-corrected chi connectivity index (χ2v) is 3.67. The van der Waals surface area contributed by atoms with Gasteiger partial charge in [-0.2, -0.15) is 5.10 Å². The van der Waals surface area contributed by atoms with Crippen molar-refractivity contribution in [1.82, 2.24) is 30.0 Å². The van der Waals surface area contributed by atoms with E-state index in [0.29, 0.717) is 18.8 Å². The summed E-state index contributed by atoms with van der Waals surface area (Å²) in [6, 6.07) is 0. The number of carbonyl (C=O) groups is 1. The van der Waals surface area contributed by atoms with Crippen LogP contribution in [0.3, 0.4) is 0 Å². The lowest BCUT2D eigenvalue weighted by Crippen LogP contribution is -2.27. The van der Waals surface area contributed by atoms with Gasteiger partial charge in [0.25, 0.3) is 5.91 Å². The van der Waals surface area contributed by atoms with Gasteiger partial charge in [0.2, 0.25) is 0 Å². The van der Waals surface area contributed by atoms with Gasteiger partial charge >= 0.3 is 0 Å². The van der Waals surface area contributed by atoms with Gasteiger partial charge in [0.1, 0.15) is 17.8 Å². The standard InChI is InChI=1S/C10H13N7O/c1-17-6-15-9(16-17)2-3-12-10(18)7-4-14-8(11)5-13-7/h4-6H,2-3H2,1H3,(H2,11,14)(H,12,18). The highest BCUT2D eigenvalue weighted by Gasteiger charge is 2.07. The first-order valence-electron chi connectivity index (χ1n) is 5.35. The zero-order valence-corrected chi connectivity index (χ0v) is 9.87. The van der Waals surface area contributed by atoms with Crippen LogP contribution in [0.2, 0.25) is 0 Å². The molecule has 0 aliphatic heterocycles. The lowest BCUT2D eigenvalue weighted by Gasteiger charge is -2.02. The van der Waals surface area contributed by atoms with E-state index in [1.54, 1.807) is 18.1 Å². The Morgan fingerprint density at radius 1 is 1.39 bits per heavy atom. The second kappa shape index (κ2) is 5.21. The van der Waals surface area contributed by atoms with Crippen molar-refractivity contribution in [2.24, 2.45) is 7.05 Å². The van der Waals surface area contributed by atoms with Gasteiger partial charge in [-0.25, -0.2) is 15.0 Å². The molecule has 18 heavy (non-hydrogen) atoms. The van der Waals surface area contributed by atoms with Crippen LogP contribution in [-0.2, 0) is 13.5 Å². The molecule has 1 amide bonds. The summed E-state index contributed by atoms with van der Waals surface area (Å²) in [5.41, 5.74) is 5.62. The van der Waals surface area contributed by atoms with Gasteiger partial charge < -0.3 is 11.1 Å². The molecular weight excluding hydrogens is 234 g/mol. The summed E-state index contributed by atoms with van der Waals surface area (Å²) in [5.74, 6) is 0.670. The summed E-state index contributed by atoms with van der Waals surface area (Å²) < 4.78 is 1.61. The number of aryl methyl sites for hydroxylation is 1. The topological polar surface area (TPSA) is 112 Å². The number of amides is 1. The van der Waals surface area contributed by atoms with E-state index in [1.807, 2.05) is 0 Å². The maximum atomic E-state index is 11.7. The average molecular weight is 247 g/mol. The van der Waals surface area contributed by atoms with Crippen molar-refractivity contribution in [2.45, 2.75) is 6.42 Å². The Morgan fingerprint density at radius 2 is 2.22 bits per heavy atom. The predicted octanol–water partition coefficient (Wildman–Crippen LogP) is -0.840. The SMILES string of the molecule is Cn1cnc(CCNC(=O)c2cnc(N)cn2)n1. The van der Waals surface area contributed by atoms with Gasteiger partial charge in [-0.3, -0.25) is 9.48 Å². The van der Waals surface area contributed by atoms with Crippen LogP contribution >= 0.6 is 0 Å². The number of nitrogens with two attached hydrogens (primary N) is 1. The van der Waals surface area contributed by atoms with Crippen molar-refractivity contribution in [3.05, 3.63) is 30.2 Å². The Bertz CT molecular complexity index is 533. The van der Waals surface area contributed by atoms with E-state index in [9.17, 15) is 4.79 Å². The number of nitrogens with zero attached hydrogens (tertiary/aromatic N) is 5. The molecule has 0 atom stereocenters. The molecular formula is C10H13N7O. The first-order chi connectivity index (χ1) is 8.65. The van der Waals surface area contributed by atoms with Crippen LogP contribution in [0.5, 0.6) is 0 Å². The lowest BCUT2D eigenvalue weighted by molar-refractivity contribution is 0.0948. The fourth-order valence-corrected chi connectivity index (χ4v) is 1.33. The Labute approximate surface area is 103 Å². The molecule has 0 unspecified atom stereocenters. The van der Waals surface area contributed by atoms with E-state index < -0.39 is 0 Å². The van der Waals surface area contributed by atoms with Gasteiger partial charge in [0, 0.05) is 20.0 Å². The minimum Gasteiger partial charge on any atom is -0.382 e. The number of nitrogen functional groups attached to an aromatic ring is 1. The summed E-state index contributed by atoms with van der Waals surface area (Å²) in [6.45, 7) is 0.439. The van der Waals surface area contributed by atoms with Gasteiger partial charge in [0.05, 0.1) is 12.4 Å². The molecule has 3 N–H and O–H groups in total. The number of hydrogen-bond donors (Lipinski definition) is 2. The summed E-state index contributed by atoms with van der Waals surface area (Å²) >= 11 is 0. The van der Waals surface area contributed by atoms with E-state index in [0.717, 1.165) is 0 Å². The van der Waals surface area contributed by atoms with E-state index in [1.165, 1.54) is 12.4 Å². The Morgan fingerprint density at radius 3 is 2.83 bits per heavy atom. The molecule has 0 radical (unpaired) electrons. The molecule has 2 rings (SSSR count). The third-order valence-corrected chi connectivity index (χ3v) is 2.19. The van der Waals surface area contributed by atoms with Crippen molar-refractivity contribution in [1.29, 1.82) is 0 Å². The van der Waals surface area contributed by atoms with E-state index in [-0.39, 0.29) is 17.4 Å². The molecule has 0 fully saturated rings. The minimum atomic E-state index is -0.293. The second-order valence-electron chi connectivity index (χ2n) is 3.67. The third kappa shape index (κ3) is 3.00. The van der Waals surface area contributed by atoms with E-state index >= 15 is 0 Å². The lowest BCUT2D eigenvalue weighted by atomic mass is 10.3. The molecule has 0 aromatic carbocycles. The number of aromatic nitrogens is 5. The smallest absolute Gasteiger partial charge is 0.271 e. The molecule has 0 aliphatic rings. The van der Waals surface area contributed by atoms with Crippen LogP contribution in [0.25, 0.3) is 0 Å². The Balaban J connectivity index is 1.83. The Hall–Kier alpha value is -2.51. The molecule has 0 spiro atoms. The number of rotatable bonds is 4. The summed E-state index contributed by atoms with van der Waals surface area (Å²) in [7, 11) is 1.79. The molecule has 2 aromatic heterocycles. The number of carbonyl (C=O) groups excluding carboxylic acids is 1. The van der Waals surface area contributed by atoms with Gasteiger partial charge in [-0.1, -0.05) is 0 Å². The average Bonchev–Trinajstić information content (AvgIpc) is 2.76. The van der Waals surface area contributed by atoms with Crippen LogP contribution in [0.4, 0.5) is 5.82 Å². The fourth-order valence-electron chi connectivity index (χ4n) is 1.33. The van der Waals surface area contributed by atoms with Crippen molar-refractivity contribution >= 4 is 11.7 Å². The normalized spacial score (nSPS) is 10.3. The molecule has 0 saturated carbocycles. The summed E-state index contributed by atoms with van der Waals surface area (Å²) in [6.07, 6.45) is 4.86. The molecule has 2 heterocycles. The van der Waals surface area contributed by atoms with E-state index in [2.05, 4.69) is 25.4 Å². The van der Waals surface area contributed by atoms with Crippen molar-refractivity contribution in [2.75, 3.05) is 12.3 Å². The highest BCUT2D eigenvalue weighted by atomic mass is 16.1. The van der Waals surface area contributed by atoms with Crippen molar-refractivity contribution in [3.63, 3.8) is 0 Å². The van der Waals surface area contributed by atoms with Gasteiger partial charge in [-0.05, 0) is 0 Å². The predicted molar refractivity (Wildman–Crippen MR) is 63.5 cm³/mol. The first kappa shape index (κ1) is 12.0. The minimum absolute atomic E-state index is 0.234. The maximum Gasteiger partial charge on any atom is 0.271 e. The number of anilines is 1. The molecule has 0 bridgehead atoms. The largest absolute Gasteiger partial charge is 0.382 e. The number of nitrogens with one attached hydrogen (secondary N) is 1. The van der Waals surface area contributed by atoms with Crippen molar-refractivity contribution in [3.8, 4) is 0 Å². The number of hydrogen-bond acceptors (Lipinski definition) is 6. The van der Waals surface area contributed by atoms with E-state index in [4.69, 9.17) is 5.73 Å². The first-order valence-corrected chi connectivity index (χ1v) is 5.35. The zero-order valence-electron chi connectivity index (χ0n) is 9.87.